The molecule has 2 heterocycles. The summed E-state index contributed by atoms with van der Waals surface area (Å²) >= 11 is 1.43. The first-order valence-corrected chi connectivity index (χ1v) is 6.38. The van der Waals surface area contributed by atoms with E-state index in [1.807, 2.05) is 36.4 Å². The SMILES string of the molecule is Nc1ccc(Sc2nnnn2-c2ccccc2)cn1. The topological polar surface area (TPSA) is 82.5 Å². The van der Waals surface area contributed by atoms with E-state index in [1.54, 1.807) is 16.9 Å². The van der Waals surface area contributed by atoms with Gasteiger partial charge < -0.3 is 5.73 Å². The average Bonchev–Trinajstić information content (AvgIpc) is 2.90. The molecule has 0 aliphatic rings. The van der Waals surface area contributed by atoms with Gasteiger partial charge in [-0.25, -0.2) is 4.98 Å². The molecule has 19 heavy (non-hydrogen) atoms. The van der Waals surface area contributed by atoms with Gasteiger partial charge in [-0.05, 0) is 46.5 Å². The van der Waals surface area contributed by atoms with Crippen LogP contribution in [-0.2, 0) is 0 Å². The van der Waals surface area contributed by atoms with Crippen LogP contribution in [0.25, 0.3) is 5.69 Å². The molecule has 0 amide bonds. The molecule has 0 spiro atoms. The Labute approximate surface area is 113 Å². The zero-order valence-electron chi connectivity index (χ0n) is 9.84. The van der Waals surface area contributed by atoms with E-state index in [-0.39, 0.29) is 0 Å². The Morgan fingerprint density at radius 1 is 1.05 bits per heavy atom. The predicted molar refractivity (Wildman–Crippen MR) is 71.9 cm³/mol. The second kappa shape index (κ2) is 5.07. The van der Waals surface area contributed by atoms with E-state index in [9.17, 15) is 0 Å². The number of anilines is 1. The van der Waals surface area contributed by atoms with E-state index < -0.39 is 0 Å². The number of rotatable bonds is 3. The van der Waals surface area contributed by atoms with Crippen molar-refractivity contribution < 1.29 is 0 Å². The number of pyridine rings is 1. The first-order chi connectivity index (χ1) is 9.33. The lowest BCUT2D eigenvalue weighted by molar-refractivity contribution is 0.756. The lowest BCUT2D eigenvalue weighted by Crippen LogP contribution is -1.98. The van der Waals surface area contributed by atoms with Gasteiger partial charge in [-0.1, -0.05) is 18.2 Å². The minimum Gasteiger partial charge on any atom is -0.384 e. The van der Waals surface area contributed by atoms with Crippen LogP contribution >= 0.6 is 11.8 Å². The molecular weight excluding hydrogens is 260 g/mol. The largest absolute Gasteiger partial charge is 0.384 e. The summed E-state index contributed by atoms with van der Waals surface area (Å²) in [5, 5.41) is 12.4. The standard InChI is InChI=1S/C12H10N6S/c13-11-7-6-10(8-14-11)19-12-15-16-17-18(12)9-4-2-1-3-5-9/h1-8H,(H2,13,14). The first kappa shape index (κ1) is 11.7. The maximum atomic E-state index is 5.56. The Hall–Kier alpha value is -2.41. The fourth-order valence-corrected chi connectivity index (χ4v) is 2.29. The van der Waals surface area contributed by atoms with Crippen LogP contribution in [-0.4, -0.2) is 25.2 Å². The number of benzene rings is 1. The normalized spacial score (nSPS) is 10.5. The summed E-state index contributed by atoms with van der Waals surface area (Å²) in [6.45, 7) is 0. The van der Waals surface area contributed by atoms with Crippen LogP contribution in [0.2, 0.25) is 0 Å². The molecule has 3 aromatic rings. The van der Waals surface area contributed by atoms with Crippen molar-refractivity contribution >= 4 is 17.6 Å². The number of nitrogen functional groups attached to an aromatic ring is 1. The van der Waals surface area contributed by atoms with Gasteiger partial charge in [0.1, 0.15) is 5.82 Å². The minimum atomic E-state index is 0.493. The van der Waals surface area contributed by atoms with Crippen molar-refractivity contribution in [1.29, 1.82) is 0 Å². The lowest BCUT2D eigenvalue weighted by atomic mass is 10.3. The van der Waals surface area contributed by atoms with Crippen molar-refractivity contribution in [3.8, 4) is 5.69 Å². The van der Waals surface area contributed by atoms with Gasteiger partial charge >= 0.3 is 0 Å². The van der Waals surface area contributed by atoms with Gasteiger partial charge in [0.25, 0.3) is 0 Å². The molecule has 7 heteroatoms. The Morgan fingerprint density at radius 3 is 2.63 bits per heavy atom. The number of hydrogen-bond acceptors (Lipinski definition) is 6. The molecule has 2 aromatic heterocycles. The maximum absolute atomic E-state index is 5.56. The zero-order chi connectivity index (χ0) is 13.1. The van der Waals surface area contributed by atoms with Gasteiger partial charge in [0, 0.05) is 11.1 Å². The Kier molecular flexibility index (Phi) is 3.11. The third-order valence-electron chi connectivity index (χ3n) is 2.41. The van der Waals surface area contributed by atoms with Crippen LogP contribution in [0.15, 0.2) is 58.7 Å². The van der Waals surface area contributed by atoms with Gasteiger partial charge in [-0.2, -0.15) is 4.68 Å². The zero-order valence-corrected chi connectivity index (χ0v) is 10.7. The van der Waals surface area contributed by atoms with E-state index in [1.165, 1.54) is 11.8 Å². The summed E-state index contributed by atoms with van der Waals surface area (Å²) < 4.78 is 1.68. The highest BCUT2D eigenvalue weighted by molar-refractivity contribution is 7.99. The molecular formula is C12H10N6S. The number of hydrogen-bond donors (Lipinski definition) is 1. The summed E-state index contributed by atoms with van der Waals surface area (Å²) in [4.78, 5) is 4.97. The number of tetrazole rings is 1. The van der Waals surface area contributed by atoms with Gasteiger partial charge in [0.05, 0.1) is 5.69 Å². The summed E-state index contributed by atoms with van der Waals surface area (Å²) in [7, 11) is 0. The molecule has 0 saturated heterocycles. The molecule has 2 N–H and O–H groups in total. The average molecular weight is 270 g/mol. The highest BCUT2D eigenvalue weighted by atomic mass is 32.2. The second-order valence-electron chi connectivity index (χ2n) is 3.73. The molecule has 0 radical (unpaired) electrons. The van der Waals surface area contributed by atoms with Gasteiger partial charge in [0.15, 0.2) is 0 Å². The Morgan fingerprint density at radius 2 is 1.89 bits per heavy atom. The van der Waals surface area contributed by atoms with Crippen molar-refractivity contribution in [2.24, 2.45) is 0 Å². The molecule has 0 bridgehead atoms. The smallest absolute Gasteiger partial charge is 0.218 e. The molecule has 0 saturated carbocycles. The molecule has 94 valence electrons. The van der Waals surface area contributed by atoms with Crippen LogP contribution in [0.3, 0.4) is 0 Å². The fraction of sp³-hybridized carbons (Fsp3) is 0. The van der Waals surface area contributed by atoms with Gasteiger partial charge in [-0.15, -0.1) is 5.10 Å². The molecule has 0 fully saturated rings. The van der Waals surface area contributed by atoms with E-state index in [0.717, 1.165) is 10.6 Å². The van der Waals surface area contributed by atoms with Crippen molar-refractivity contribution in [3.63, 3.8) is 0 Å². The highest BCUT2D eigenvalue weighted by Gasteiger charge is 2.09. The quantitative estimate of drug-likeness (QED) is 0.781. The number of aromatic nitrogens is 5. The third kappa shape index (κ3) is 2.55. The van der Waals surface area contributed by atoms with Crippen molar-refractivity contribution in [2.75, 3.05) is 5.73 Å². The van der Waals surface area contributed by atoms with Crippen LogP contribution in [0, 0.1) is 0 Å². The molecule has 3 rings (SSSR count). The number of nitrogens with two attached hydrogens (primary N) is 1. The number of para-hydroxylation sites is 1. The summed E-state index contributed by atoms with van der Waals surface area (Å²) in [6.07, 6.45) is 1.70. The first-order valence-electron chi connectivity index (χ1n) is 5.56. The maximum Gasteiger partial charge on any atom is 0.218 e. The summed E-state index contributed by atoms with van der Waals surface area (Å²) in [6, 6.07) is 13.4. The molecule has 1 aromatic carbocycles. The fourth-order valence-electron chi connectivity index (χ4n) is 1.53. The van der Waals surface area contributed by atoms with E-state index >= 15 is 0 Å². The molecule has 0 atom stereocenters. The molecule has 6 nitrogen and oxygen atoms in total. The summed E-state index contributed by atoms with van der Waals surface area (Å²) in [5.41, 5.74) is 6.47. The van der Waals surface area contributed by atoms with Crippen molar-refractivity contribution in [1.82, 2.24) is 25.2 Å². The van der Waals surface area contributed by atoms with Crippen LogP contribution < -0.4 is 5.73 Å². The third-order valence-corrected chi connectivity index (χ3v) is 3.32. The van der Waals surface area contributed by atoms with Gasteiger partial charge in [-0.3, -0.25) is 0 Å². The molecule has 0 unspecified atom stereocenters. The van der Waals surface area contributed by atoms with Crippen LogP contribution in [0.1, 0.15) is 0 Å². The Balaban J connectivity index is 1.91. The van der Waals surface area contributed by atoms with Crippen LogP contribution in [0.5, 0.6) is 0 Å². The van der Waals surface area contributed by atoms with Crippen LogP contribution in [0.4, 0.5) is 5.82 Å². The van der Waals surface area contributed by atoms with E-state index in [2.05, 4.69) is 20.5 Å². The summed E-state index contributed by atoms with van der Waals surface area (Å²) in [5.74, 6) is 0.493. The van der Waals surface area contributed by atoms with Crippen molar-refractivity contribution in [2.45, 2.75) is 10.1 Å². The highest BCUT2D eigenvalue weighted by Crippen LogP contribution is 2.26. The Bertz CT molecular complexity index is 664. The number of nitrogens with zero attached hydrogens (tertiary/aromatic N) is 5. The molecule has 0 aliphatic heterocycles. The molecule has 0 aliphatic carbocycles. The predicted octanol–water partition coefficient (Wildman–Crippen LogP) is 1.79. The van der Waals surface area contributed by atoms with E-state index in [4.69, 9.17) is 5.73 Å². The monoisotopic (exact) mass is 270 g/mol. The minimum absolute atomic E-state index is 0.493. The second-order valence-corrected chi connectivity index (χ2v) is 4.77. The lowest BCUT2D eigenvalue weighted by Gasteiger charge is -2.03. The van der Waals surface area contributed by atoms with Gasteiger partial charge in [0.2, 0.25) is 5.16 Å². The van der Waals surface area contributed by atoms with E-state index in [0.29, 0.717) is 11.0 Å². The van der Waals surface area contributed by atoms with Crippen molar-refractivity contribution in [3.05, 3.63) is 48.7 Å².